The van der Waals surface area contributed by atoms with Crippen molar-refractivity contribution in [2.24, 2.45) is 0 Å². The average Bonchev–Trinajstić information content (AvgIpc) is 2.50. The lowest BCUT2D eigenvalue weighted by Crippen LogP contribution is -1.93. The molecule has 1 N–H and O–H groups in total. The molecule has 0 aliphatic rings. The van der Waals surface area contributed by atoms with Gasteiger partial charge >= 0.3 is 5.97 Å². The maximum absolute atomic E-state index is 10.2. The van der Waals surface area contributed by atoms with Crippen LogP contribution in [0.5, 0.6) is 0 Å². The molecule has 0 unspecified atom stereocenters. The van der Waals surface area contributed by atoms with Crippen LogP contribution < -0.4 is 0 Å². The normalized spacial score (nSPS) is 10.4. The maximum Gasteiger partial charge on any atom is 0.303 e. The highest BCUT2D eigenvalue weighted by molar-refractivity contribution is 9.11. The lowest BCUT2D eigenvalue weighted by molar-refractivity contribution is -0.137. The monoisotopic (exact) mass is 276 g/mol. The van der Waals surface area contributed by atoms with E-state index in [4.69, 9.17) is 5.11 Å². The fourth-order valence-corrected chi connectivity index (χ4v) is 2.76. The summed E-state index contributed by atoms with van der Waals surface area (Å²) in [6.07, 6.45) is 4.24. The molecule has 0 radical (unpaired) electrons. The first-order valence-corrected chi connectivity index (χ1v) is 6.25. The SMILES string of the molecule is O=C(O)CCCCCc1ccc(Br)s1. The van der Waals surface area contributed by atoms with E-state index in [0.29, 0.717) is 6.42 Å². The quantitative estimate of drug-likeness (QED) is 0.805. The molecule has 78 valence electrons. The molecule has 0 aliphatic carbocycles. The van der Waals surface area contributed by atoms with Gasteiger partial charge in [-0.25, -0.2) is 0 Å². The van der Waals surface area contributed by atoms with E-state index >= 15 is 0 Å². The standard InChI is InChI=1S/C10H13BrO2S/c11-9-7-6-8(14-9)4-2-1-3-5-10(12)13/h6-7H,1-5H2,(H,12,13). The third kappa shape index (κ3) is 4.77. The van der Waals surface area contributed by atoms with E-state index in [1.54, 1.807) is 11.3 Å². The second kappa shape index (κ2) is 6.19. The molecule has 1 rings (SSSR count). The van der Waals surface area contributed by atoms with Crippen LogP contribution in [0, 0.1) is 0 Å². The number of carboxylic acid groups (broad SMARTS) is 1. The van der Waals surface area contributed by atoms with Gasteiger partial charge in [-0.3, -0.25) is 4.79 Å². The number of unbranched alkanes of at least 4 members (excludes halogenated alkanes) is 2. The highest BCUT2D eigenvalue weighted by Gasteiger charge is 1.99. The van der Waals surface area contributed by atoms with Crippen LogP contribution in [0.2, 0.25) is 0 Å². The Kier molecular flexibility index (Phi) is 5.19. The van der Waals surface area contributed by atoms with Crippen LogP contribution in [-0.2, 0) is 11.2 Å². The first-order valence-electron chi connectivity index (χ1n) is 4.64. The molecule has 0 bridgehead atoms. The average molecular weight is 277 g/mol. The molecular formula is C10H13BrO2S. The van der Waals surface area contributed by atoms with Gasteiger partial charge in [0, 0.05) is 11.3 Å². The van der Waals surface area contributed by atoms with Gasteiger partial charge < -0.3 is 5.11 Å². The van der Waals surface area contributed by atoms with E-state index in [-0.39, 0.29) is 0 Å². The molecule has 0 saturated heterocycles. The summed E-state index contributed by atoms with van der Waals surface area (Å²) >= 11 is 5.17. The van der Waals surface area contributed by atoms with Gasteiger partial charge in [-0.1, -0.05) is 6.42 Å². The molecule has 0 aliphatic heterocycles. The second-order valence-corrected chi connectivity index (χ2v) is 5.71. The Hall–Kier alpha value is -0.350. The summed E-state index contributed by atoms with van der Waals surface area (Å²) in [5.41, 5.74) is 0. The number of hydrogen-bond acceptors (Lipinski definition) is 2. The van der Waals surface area contributed by atoms with Crippen LogP contribution in [0.3, 0.4) is 0 Å². The highest BCUT2D eigenvalue weighted by Crippen LogP contribution is 2.23. The van der Waals surface area contributed by atoms with Crippen molar-refractivity contribution < 1.29 is 9.90 Å². The van der Waals surface area contributed by atoms with Crippen LogP contribution in [0.25, 0.3) is 0 Å². The van der Waals surface area contributed by atoms with Crippen molar-refractivity contribution in [1.82, 2.24) is 0 Å². The Labute approximate surface area is 96.1 Å². The van der Waals surface area contributed by atoms with Gasteiger partial charge in [0.1, 0.15) is 0 Å². The third-order valence-corrected chi connectivity index (χ3v) is 3.63. The van der Waals surface area contributed by atoms with Crippen LogP contribution in [0.15, 0.2) is 15.9 Å². The molecule has 14 heavy (non-hydrogen) atoms. The fourth-order valence-electron chi connectivity index (χ4n) is 1.24. The van der Waals surface area contributed by atoms with Crippen LogP contribution in [0.1, 0.15) is 30.6 Å². The molecule has 0 atom stereocenters. The van der Waals surface area contributed by atoms with Crippen molar-refractivity contribution in [3.8, 4) is 0 Å². The molecule has 0 amide bonds. The van der Waals surface area contributed by atoms with Gasteiger partial charge in [0.15, 0.2) is 0 Å². The number of hydrogen-bond donors (Lipinski definition) is 1. The number of thiophene rings is 1. The predicted molar refractivity (Wildman–Crippen MR) is 61.8 cm³/mol. The number of carboxylic acids is 1. The molecule has 1 aromatic heterocycles. The predicted octanol–water partition coefficient (Wildman–Crippen LogP) is 3.70. The Morgan fingerprint density at radius 2 is 2.14 bits per heavy atom. The molecule has 0 saturated carbocycles. The minimum absolute atomic E-state index is 0.300. The highest BCUT2D eigenvalue weighted by atomic mass is 79.9. The number of carbonyl (C=O) groups is 1. The van der Waals surface area contributed by atoms with E-state index in [1.165, 1.54) is 4.88 Å². The summed E-state index contributed by atoms with van der Waals surface area (Å²) < 4.78 is 1.16. The Morgan fingerprint density at radius 3 is 2.71 bits per heavy atom. The van der Waals surface area contributed by atoms with Crippen LogP contribution in [-0.4, -0.2) is 11.1 Å². The summed E-state index contributed by atoms with van der Waals surface area (Å²) in [6, 6.07) is 4.17. The summed E-state index contributed by atoms with van der Waals surface area (Å²) in [7, 11) is 0. The van der Waals surface area contributed by atoms with Crippen molar-refractivity contribution in [1.29, 1.82) is 0 Å². The van der Waals surface area contributed by atoms with Crippen LogP contribution >= 0.6 is 27.3 Å². The zero-order chi connectivity index (χ0) is 10.4. The summed E-state index contributed by atoms with van der Waals surface area (Å²) in [5.74, 6) is -0.691. The Bertz CT molecular complexity index is 296. The molecule has 1 heterocycles. The van der Waals surface area contributed by atoms with Crippen molar-refractivity contribution in [3.63, 3.8) is 0 Å². The van der Waals surface area contributed by atoms with Gasteiger partial charge in [-0.2, -0.15) is 0 Å². The lowest BCUT2D eigenvalue weighted by atomic mass is 10.1. The zero-order valence-corrected chi connectivity index (χ0v) is 10.2. The topological polar surface area (TPSA) is 37.3 Å². The first kappa shape index (κ1) is 11.7. The minimum Gasteiger partial charge on any atom is -0.481 e. The zero-order valence-electron chi connectivity index (χ0n) is 7.83. The lowest BCUT2D eigenvalue weighted by Gasteiger charge is -1.96. The van der Waals surface area contributed by atoms with Crippen LogP contribution in [0.4, 0.5) is 0 Å². The Balaban J connectivity index is 2.07. The van der Waals surface area contributed by atoms with Gasteiger partial charge in [0.25, 0.3) is 0 Å². The maximum atomic E-state index is 10.2. The van der Waals surface area contributed by atoms with E-state index in [1.807, 2.05) is 0 Å². The molecule has 0 fully saturated rings. The molecule has 0 spiro atoms. The molecule has 0 aromatic carbocycles. The van der Waals surface area contributed by atoms with Crippen molar-refractivity contribution in [2.75, 3.05) is 0 Å². The van der Waals surface area contributed by atoms with Gasteiger partial charge in [0.2, 0.25) is 0 Å². The van der Waals surface area contributed by atoms with E-state index in [9.17, 15) is 4.79 Å². The van der Waals surface area contributed by atoms with Crippen molar-refractivity contribution in [2.45, 2.75) is 32.1 Å². The first-order chi connectivity index (χ1) is 6.68. The van der Waals surface area contributed by atoms with Gasteiger partial charge in [0.05, 0.1) is 3.79 Å². The number of aryl methyl sites for hydroxylation is 1. The largest absolute Gasteiger partial charge is 0.481 e. The fraction of sp³-hybridized carbons (Fsp3) is 0.500. The van der Waals surface area contributed by atoms with Gasteiger partial charge in [-0.05, 0) is 47.3 Å². The smallest absolute Gasteiger partial charge is 0.303 e. The molecule has 1 aromatic rings. The summed E-state index contributed by atoms with van der Waals surface area (Å²) in [6.45, 7) is 0. The minimum atomic E-state index is -0.691. The number of aliphatic carboxylic acids is 1. The third-order valence-electron chi connectivity index (χ3n) is 1.94. The summed E-state index contributed by atoms with van der Waals surface area (Å²) in [4.78, 5) is 11.6. The molecular weight excluding hydrogens is 264 g/mol. The number of halogens is 1. The van der Waals surface area contributed by atoms with Crippen molar-refractivity contribution in [3.05, 3.63) is 20.8 Å². The van der Waals surface area contributed by atoms with Crippen molar-refractivity contribution >= 4 is 33.2 Å². The Morgan fingerprint density at radius 1 is 1.36 bits per heavy atom. The van der Waals surface area contributed by atoms with Gasteiger partial charge in [-0.15, -0.1) is 11.3 Å². The molecule has 2 nitrogen and oxygen atoms in total. The number of rotatable bonds is 6. The second-order valence-electron chi connectivity index (χ2n) is 3.16. The van der Waals surface area contributed by atoms with E-state index in [2.05, 4.69) is 28.1 Å². The van der Waals surface area contributed by atoms with E-state index in [0.717, 1.165) is 29.5 Å². The van der Waals surface area contributed by atoms with E-state index < -0.39 is 5.97 Å². The summed E-state index contributed by atoms with van der Waals surface area (Å²) in [5, 5.41) is 8.43. The molecule has 4 heteroatoms.